The Morgan fingerprint density at radius 3 is 2.27 bits per heavy atom. The molecular weight excluding hydrogens is 294 g/mol. The molecule has 2 amide bonds. The summed E-state index contributed by atoms with van der Waals surface area (Å²) in [6.45, 7) is 6.95. The van der Waals surface area contributed by atoms with E-state index in [2.05, 4.69) is 15.5 Å². The van der Waals surface area contributed by atoms with Crippen LogP contribution in [0.3, 0.4) is 0 Å². The molecule has 0 aliphatic carbocycles. The second-order valence-electron chi connectivity index (χ2n) is 5.65. The Balaban J connectivity index is 2.36. The topological polar surface area (TPSA) is 122 Å². The van der Waals surface area contributed by atoms with Crippen molar-refractivity contribution in [1.82, 2.24) is 15.4 Å². The number of aromatic hydroxyl groups is 2. The molecule has 1 rings (SSSR count). The normalized spacial score (nSPS) is 12.4. The summed E-state index contributed by atoms with van der Waals surface area (Å²) in [6.07, 6.45) is -1.50. The van der Waals surface area contributed by atoms with Gasteiger partial charge in [0.25, 0.3) is 0 Å². The van der Waals surface area contributed by atoms with E-state index in [1.807, 2.05) is 0 Å². The number of rotatable bonds is 4. The number of carbonyl (C=O) groups excluding carboxylic acids is 2. The number of nitrogens with one attached hydrogen (secondary N) is 2. The van der Waals surface area contributed by atoms with E-state index in [-0.39, 0.29) is 6.54 Å². The van der Waals surface area contributed by atoms with Crippen LogP contribution in [-0.2, 0) is 4.74 Å². The summed E-state index contributed by atoms with van der Waals surface area (Å²) in [7, 11) is 0. The first-order valence-electron chi connectivity index (χ1n) is 6.64. The van der Waals surface area contributed by atoms with Crippen molar-refractivity contribution in [3.8, 4) is 11.8 Å². The highest BCUT2D eigenvalue weighted by molar-refractivity contribution is 5.69. The zero-order valence-electron chi connectivity index (χ0n) is 12.9. The number of nitrogens with zero attached hydrogens (tertiary/aromatic N) is 1. The molecule has 0 unspecified atom stereocenters. The van der Waals surface area contributed by atoms with Gasteiger partial charge in [-0.15, -0.1) is 4.73 Å². The van der Waals surface area contributed by atoms with Gasteiger partial charge in [0.15, 0.2) is 0 Å². The van der Waals surface area contributed by atoms with Crippen molar-refractivity contribution >= 4 is 12.2 Å². The maximum atomic E-state index is 11.5. The van der Waals surface area contributed by atoms with Crippen LogP contribution in [-0.4, -0.2) is 45.3 Å². The molecule has 9 nitrogen and oxygen atoms in total. The average molecular weight is 315 g/mol. The molecule has 1 aromatic rings. The van der Waals surface area contributed by atoms with Gasteiger partial charge in [-0.2, -0.15) is 0 Å². The summed E-state index contributed by atoms with van der Waals surface area (Å²) in [6, 6.07) is 1.92. The van der Waals surface area contributed by atoms with Gasteiger partial charge in [-0.05, 0) is 27.7 Å². The molecular formula is C13H21N3O6. The molecule has 0 aliphatic rings. The number of carbonyl (C=O) groups is 2. The molecule has 1 heterocycles. The second-order valence-corrected chi connectivity index (χ2v) is 5.65. The maximum Gasteiger partial charge on any atom is 0.432 e. The average Bonchev–Trinajstić information content (AvgIpc) is 2.65. The van der Waals surface area contributed by atoms with E-state index in [0.717, 1.165) is 12.1 Å². The molecule has 0 aromatic carbocycles. The van der Waals surface area contributed by atoms with Crippen molar-refractivity contribution in [2.75, 3.05) is 6.54 Å². The SMILES string of the molecule is C[C@@H](CNC(=O)On1c(O)ccc1O)NC(=O)OC(C)(C)C. The monoisotopic (exact) mass is 315 g/mol. The Morgan fingerprint density at radius 1 is 1.23 bits per heavy atom. The molecule has 22 heavy (non-hydrogen) atoms. The van der Waals surface area contributed by atoms with E-state index >= 15 is 0 Å². The second kappa shape index (κ2) is 6.92. The van der Waals surface area contributed by atoms with Gasteiger partial charge in [-0.3, -0.25) is 0 Å². The Hall–Kier alpha value is -2.58. The van der Waals surface area contributed by atoms with Gasteiger partial charge in [0.1, 0.15) is 5.60 Å². The molecule has 1 atom stereocenters. The Bertz CT molecular complexity index is 515. The molecule has 0 saturated heterocycles. The summed E-state index contributed by atoms with van der Waals surface area (Å²) in [5, 5.41) is 23.5. The van der Waals surface area contributed by atoms with Crippen molar-refractivity contribution in [2.24, 2.45) is 0 Å². The van der Waals surface area contributed by atoms with Crippen LogP contribution in [0.4, 0.5) is 9.59 Å². The van der Waals surface area contributed by atoms with E-state index in [4.69, 9.17) is 4.74 Å². The molecule has 0 radical (unpaired) electrons. The zero-order valence-corrected chi connectivity index (χ0v) is 12.9. The lowest BCUT2D eigenvalue weighted by Crippen LogP contribution is -2.45. The summed E-state index contributed by atoms with van der Waals surface area (Å²) in [5.41, 5.74) is -0.611. The smallest absolute Gasteiger partial charge is 0.432 e. The van der Waals surface area contributed by atoms with E-state index in [1.165, 1.54) is 0 Å². The van der Waals surface area contributed by atoms with Gasteiger partial charge >= 0.3 is 12.2 Å². The highest BCUT2D eigenvalue weighted by Gasteiger charge is 2.18. The lowest BCUT2D eigenvalue weighted by Gasteiger charge is -2.22. The summed E-state index contributed by atoms with van der Waals surface area (Å²) < 4.78 is 5.62. The Kier molecular flexibility index (Phi) is 5.50. The number of ether oxygens (including phenoxy) is 1. The third-order valence-electron chi connectivity index (χ3n) is 2.29. The first kappa shape index (κ1) is 17.5. The van der Waals surface area contributed by atoms with Crippen LogP contribution in [0.25, 0.3) is 0 Å². The van der Waals surface area contributed by atoms with Gasteiger partial charge < -0.3 is 30.4 Å². The lowest BCUT2D eigenvalue weighted by molar-refractivity contribution is 0.0506. The first-order valence-corrected chi connectivity index (χ1v) is 6.64. The Labute approximate surface area is 127 Å². The fourth-order valence-corrected chi connectivity index (χ4v) is 1.41. The van der Waals surface area contributed by atoms with Crippen LogP contribution in [0.15, 0.2) is 12.1 Å². The van der Waals surface area contributed by atoms with Crippen molar-refractivity contribution in [1.29, 1.82) is 0 Å². The molecule has 0 aliphatic heterocycles. The predicted molar refractivity (Wildman–Crippen MR) is 76.6 cm³/mol. The molecule has 0 spiro atoms. The van der Waals surface area contributed by atoms with Crippen LogP contribution >= 0.6 is 0 Å². The Morgan fingerprint density at radius 2 is 1.77 bits per heavy atom. The molecule has 0 saturated carbocycles. The number of hydrogen-bond acceptors (Lipinski definition) is 6. The largest absolute Gasteiger partial charge is 0.492 e. The van der Waals surface area contributed by atoms with Crippen molar-refractivity contribution < 1.29 is 29.4 Å². The highest BCUT2D eigenvalue weighted by atomic mass is 16.7. The summed E-state index contributed by atoms with van der Waals surface area (Å²) in [4.78, 5) is 27.7. The lowest BCUT2D eigenvalue weighted by atomic mass is 10.2. The number of aromatic nitrogens is 1. The minimum atomic E-state index is -0.903. The highest BCUT2D eigenvalue weighted by Crippen LogP contribution is 2.18. The fraction of sp³-hybridized carbons (Fsp3) is 0.538. The molecule has 1 aromatic heterocycles. The fourth-order valence-electron chi connectivity index (χ4n) is 1.41. The molecule has 4 N–H and O–H groups in total. The first-order chi connectivity index (χ1) is 10.1. The van der Waals surface area contributed by atoms with E-state index < -0.39 is 35.6 Å². The van der Waals surface area contributed by atoms with E-state index in [1.54, 1.807) is 27.7 Å². The van der Waals surface area contributed by atoms with Gasteiger partial charge in [0.2, 0.25) is 11.8 Å². The van der Waals surface area contributed by atoms with Crippen LogP contribution in [0, 0.1) is 0 Å². The van der Waals surface area contributed by atoms with Crippen LogP contribution in [0.2, 0.25) is 0 Å². The number of amides is 2. The standard InChI is InChI=1S/C13H21N3O6/c1-8(15-12(20)21-13(2,3)4)7-14-11(19)22-16-9(17)5-6-10(16)18/h5-6,8,17-18H,7H2,1-4H3,(H,14,19)(H,15,20)/t8-/m0/s1. The molecule has 0 fully saturated rings. The number of alkyl carbamates (subject to hydrolysis) is 1. The number of hydrogen-bond donors (Lipinski definition) is 4. The van der Waals surface area contributed by atoms with Crippen molar-refractivity contribution in [2.45, 2.75) is 39.3 Å². The quantitative estimate of drug-likeness (QED) is 0.656. The third kappa shape index (κ3) is 5.81. The van der Waals surface area contributed by atoms with E-state index in [9.17, 15) is 19.8 Å². The molecule has 0 bridgehead atoms. The van der Waals surface area contributed by atoms with Crippen molar-refractivity contribution in [3.05, 3.63) is 12.1 Å². The van der Waals surface area contributed by atoms with Gasteiger partial charge in [-0.25, -0.2) is 9.59 Å². The van der Waals surface area contributed by atoms with Gasteiger partial charge in [-0.1, -0.05) is 0 Å². The summed E-state index contributed by atoms with van der Waals surface area (Å²) in [5.74, 6) is -0.847. The summed E-state index contributed by atoms with van der Waals surface area (Å²) >= 11 is 0. The van der Waals surface area contributed by atoms with Gasteiger partial charge in [0.05, 0.1) is 0 Å². The van der Waals surface area contributed by atoms with Crippen LogP contribution in [0.5, 0.6) is 11.8 Å². The minimum Gasteiger partial charge on any atom is -0.492 e. The zero-order chi connectivity index (χ0) is 16.9. The molecule has 124 valence electrons. The van der Waals surface area contributed by atoms with E-state index in [0.29, 0.717) is 4.73 Å². The molecule has 9 heteroatoms. The maximum absolute atomic E-state index is 11.5. The van der Waals surface area contributed by atoms with Gasteiger partial charge in [0, 0.05) is 24.7 Å². The minimum absolute atomic E-state index is 0.0703. The van der Waals surface area contributed by atoms with Crippen LogP contribution in [0.1, 0.15) is 27.7 Å². The third-order valence-corrected chi connectivity index (χ3v) is 2.29. The van der Waals surface area contributed by atoms with Crippen molar-refractivity contribution in [3.63, 3.8) is 0 Å². The predicted octanol–water partition coefficient (Wildman–Crippen LogP) is 0.951. The van der Waals surface area contributed by atoms with Crippen LogP contribution < -0.4 is 15.5 Å².